The van der Waals surface area contributed by atoms with Gasteiger partial charge in [-0.25, -0.2) is 8.42 Å². The van der Waals surface area contributed by atoms with Crippen LogP contribution < -0.4 is 15.2 Å². The second kappa shape index (κ2) is 7.87. The summed E-state index contributed by atoms with van der Waals surface area (Å²) in [4.78, 5) is 0. The summed E-state index contributed by atoms with van der Waals surface area (Å²) < 4.78 is 35.0. The molecule has 1 aliphatic rings. The van der Waals surface area contributed by atoms with Crippen LogP contribution in [0.1, 0.15) is 46.1 Å². The number of anilines is 2. The average molecular weight is 428 g/mol. The highest BCUT2D eigenvalue weighted by molar-refractivity contribution is 7.93. The molecule has 2 aromatic carbocycles. The van der Waals surface area contributed by atoms with Crippen LogP contribution in [0.15, 0.2) is 42.5 Å². The predicted molar refractivity (Wildman–Crippen MR) is 124 cm³/mol. The number of hydrogen-bond donors (Lipinski definition) is 2. The van der Waals surface area contributed by atoms with Crippen LogP contribution in [0.25, 0.3) is 22.2 Å². The minimum Gasteiger partial charge on any atom is -0.494 e. The summed E-state index contributed by atoms with van der Waals surface area (Å²) in [5.41, 5.74) is 11.0. The van der Waals surface area contributed by atoms with E-state index in [0.29, 0.717) is 18.3 Å². The first-order valence-corrected chi connectivity index (χ1v) is 12.0. The summed E-state index contributed by atoms with van der Waals surface area (Å²) in [6.45, 7) is 5.91. The van der Waals surface area contributed by atoms with Gasteiger partial charge in [-0.05, 0) is 64.3 Å². The molecular weight excluding hydrogens is 398 g/mol. The molecule has 0 saturated heterocycles. The molecule has 6 nitrogen and oxygen atoms in total. The summed E-state index contributed by atoms with van der Waals surface area (Å²) in [5.74, 6) is 0.841. The van der Waals surface area contributed by atoms with Crippen molar-refractivity contribution in [3.05, 3.63) is 42.5 Å². The highest BCUT2D eigenvalue weighted by atomic mass is 32.2. The third-order valence-electron chi connectivity index (χ3n) is 5.80. The number of hydrogen-bond acceptors (Lipinski definition) is 4. The molecule has 0 atom stereocenters. The molecule has 0 bridgehead atoms. The molecule has 3 N–H and O–H groups in total. The Morgan fingerprint density at radius 2 is 1.87 bits per heavy atom. The molecule has 0 unspecified atom stereocenters. The summed E-state index contributed by atoms with van der Waals surface area (Å²) in [6, 6.07) is 13.9. The Morgan fingerprint density at radius 3 is 2.43 bits per heavy atom. The van der Waals surface area contributed by atoms with Gasteiger partial charge in [-0.3, -0.25) is 4.72 Å². The van der Waals surface area contributed by atoms with E-state index in [2.05, 4.69) is 15.4 Å². The van der Waals surface area contributed by atoms with E-state index < -0.39 is 15.3 Å². The third-order valence-corrected chi connectivity index (χ3v) is 7.57. The minimum absolute atomic E-state index is 0.413. The SMILES string of the molecule is CCOc1ccc2c(N)c(-c3ccc(NS(=O)(=O)C(C)C)cc3)n(C3CCC3)c2c1. The Bertz CT molecular complexity index is 1160. The number of nitrogen functional groups attached to an aromatic ring is 1. The highest BCUT2D eigenvalue weighted by Crippen LogP contribution is 2.44. The van der Waals surface area contributed by atoms with Crippen LogP contribution in [0, 0.1) is 0 Å². The average Bonchev–Trinajstić information content (AvgIpc) is 2.93. The molecule has 3 aromatic rings. The van der Waals surface area contributed by atoms with Gasteiger partial charge < -0.3 is 15.0 Å². The first kappa shape index (κ1) is 20.6. The van der Waals surface area contributed by atoms with E-state index in [4.69, 9.17) is 10.5 Å². The van der Waals surface area contributed by atoms with Gasteiger partial charge in [-0.1, -0.05) is 12.1 Å². The Morgan fingerprint density at radius 1 is 1.17 bits per heavy atom. The molecular formula is C23H29N3O3S. The lowest BCUT2D eigenvalue weighted by atomic mass is 9.92. The van der Waals surface area contributed by atoms with Crippen molar-refractivity contribution in [3.8, 4) is 17.0 Å². The number of rotatable bonds is 7. The topological polar surface area (TPSA) is 86.3 Å². The number of fused-ring (bicyclic) bond motifs is 1. The third kappa shape index (κ3) is 3.62. The van der Waals surface area contributed by atoms with Crippen LogP contribution >= 0.6 is 0 Å². The van der Waals surface area contributed by atoms with Crippen molar-refractivity contribution in [2.24, 2.45) is 0 Å². The molecule has 7 heteroatoms. The second-order valence-corrected chi connectivity index (χ2v) is 10.3. The smallest absolute Gasteiger partial charge is 0.235 e. The Balaban J connectivity index is 1.79. The van der Waals surface area contributed by atoms with E-state index in [9.17, 15) is 8.42 Å². The quantitative estimate of drug-likeness (QED) is 0.545. The fourth-order valence-electron chi connectivity index (χ4n) is 3.87. The number of nitrogens with one attached hydrogen (secondary N) is 1. The normalized spacial score (nSPS) is 14.8. The molecule has 1 aromatic heterocycles. The maximum absolute atomic E-state index is 12.2. The predicted octanol–water partition coefficient (Wildman–Crippen LogP) is 5.16. The van der Waals surface area contributed by atoms with E-state index in [1.54, 1.807) is 26.0 Å². The van der Waals surface area contributed by atoms with Crippen LogP contribution in [0.5, 0.6) is 5.75 Å². The van der Waals surface area contributed by atoms with E-state index in [0.717, 1.165) is 46.4 Å². The molecule has 1 heterocycles. The van der Waals surface area contributed by atoms with Crippen molar-refractivity contribution in [2.45, 2.75) is 51.3 Å². The summed E-state index contributed by atoms with van der Waals surface area (Å²) in [7, 11) is -3.38. The van der Waals surface area contributed by atoms with E-state index in [-0.39, 0.29) is 0 Å². The molecule has 160 valence electrons. The van der Waals surface area contributed by atoms with Crippen molar-refractivity contribution in [1.29, 1.82) is 0 Å². The molecule has 0 aliphatic heterocycles. The van der Waals surface area contributed by atoms with Gasteiger partial charge >= 0.3 is 0 Å². The molecule has 0 spiro atoms. The molecule has 30 heavy (non-hydrogen) atoms. The lowest BCUT2D eigenvalue weighted by molar-refractivity contribution is 0.323. The largest absolute Gasteiger partial charge is 0.494 e. The van der Waals surface area contributed by atoms with E-state index in [1.807, 2.05) is 31.2 Å². The summed E-state index contributed by atoms with van der Waals surface area (Å²) in [6.07, 6.45) is 3.47. The fourth-order valence-corrected chi connectivity index (χ4v) is 4.57. The van der Waals surface area contributed by atoms with Crippen LogP contribution in [0.4, 0.5) is 11.4 Å². The lowest BCUT2D eigenvalue weighted by Gasteiger charge is -2.30. The number of aromatic nitrogens is 1. The molecule has 1 fully saturated rings. The fraction of sp³-hybridized carbons (Fsp3) is 0.391. The number of nitrogens with two attached hydrogens (primary N) is 1. The van der Waals surface area contributed by atoms with Crippen LogP contribution in [0.2, 0.25) is 0 Å². The van der Waals surface area contributed by atoms with Gasteiger partial charge in [0.1, 0.15) is 5.75 Å². The van der Waals surface area contributed by atoms with Gasteiger partial charge in [-0.2, -0.15) is 0 Å². The lowest BCUT2D eigenvalue weighted by Crippen LogP contribution is -2.22. The maximum atomic E-state index is 12.2. The first-order valence-electron chi connectivity index (χ1n) is 10.5. The van der Waals surface area contributed by atoms with Crippen LogP contribution in [-0.2, 0) is 10.0 Å². The second-order valence-electron chi connectivity index (χ2n) is 8.10. The monoisotopic (exact) mass is 427 g/mol. The van der Waals surface area contributed by atoms with E-state index in [1.165, 1.54) is 6.42 Å². The van der Waals surface area contributed by atoms with Gasteiger partial charge in [0.05, 0.1) is 28.8 Å². The zero-order valence-corrected chi connectivity index (χ0v) is 18.5. The van der Waals surface area contributed by atoms with Gasteiger partial charge in [0.25, 0.3) is 0 Å². The number of sulfonamides is 1. The molecule has 1 saturated carbocycles. The van der Waals surface area contributed by atoms with Crippen molar-refractivity contribution < 1.29 is 13.2 Å². The Kier molecular flexibility index (Phi) is 5.40. The van der Waals surface area contributed by atoms with Crippen molar-refractivity contribution in [3.63, 3.8) is 0 Å². The standard InChI is InChI=1S/C23H29N3O3S/c1-4-29-19-12-13-20-21(14-19)26(18-6-5-7-18)23(22(20)24)16-8-10-17(11-9-16)25-30(27,28)15(2)3/h8-15,18,25H,4-7,24H2,1-3H3. The van der Waals surface area contributed by atoms with Gasteiger partial charge in [0, 0.05) is 28.7 Å². The minimum atomic E-state index is -3.38. The van der Waals surface area contributed by atoms with Crippen LogP contribution in [0.3, 0.4) is 0 Å². The number of nitrogens with zero attached hydrogens (tertiary/aromatic N) is 1. The van der Waals surface area contributed by atoms with Crippen LogP contribution in [-0.4, -0.2) is 24.8 Å². The van der Waals surface area contributed by atoms with Crippen molar-refractivity contribution in [2.75, 3.05) is 17.1 Å². The highest BCUT2D eigenvalue weighted by Gasteiger charge is 2.27. The summed E-state index contributed by atoms with van der Waals surface area (Å²) in [5, 5.41) is 0.526. The van der Waals surface area contributed by atoms with Gasteiger partial charge in [-0.15, -0.1) is 0 Å². The Hall–Kier alpha value is -2.67. The molecule has 0 amide bonds. The van der Waals surface area contributed by atoms with Crippen molar-refractivity contribution in [1.82, 2.24) is 4.57 Å². The van der Waals surface area contributed by atoms with Gasteiger partial charge in [0.2, 0.25) is 10.0 Å². The number of benzene rings is 2. The zero-order valence-electron chi connectivity index (χ0n) is 17.7. The number of ether oxygens (including phenoxy) is 1. The van der Waals surface area contributed by atoms with Crippen molar-refractivity contribution >= 4 is 32.3 Å². The first-order chi connectivity index (χ1) is 14.3. The molecule has 1 aliphatic carbocycles. The maximum Gasteiger partial charge on any atom is 0.235 e. The van der Waals surface area contributed by atoms with Gasteiger partial charge in [0.15, 0.2) is 0 Å². The molecule has 4 rings (SSSR count). The zero-order chi connectivity index (χ0) is 21.5. The van der Waals surface area contributed by atoms with E-state index >= 15 is 0 Å². The molecule has 0 radical (unpaired) electrons. The summed E-state index contributed by atoms with van der Waals surface area (Å²) >= 11 is 0. The Labute approximate surface area is 178 Å².